The molecule has 0 aromatic rings. The van der Waals surface area contributed by atoms with Crippen LogP contribution in [0.5, 0.6) is 0 Å². The Morgan fingerprint density at radius 2 is 2.08 bits per heavy atom. The van der Waals surface area contributed by atoms with Crippen molar-refractivity contribution in [2.45, 2.75) is 39.2 Å². The Labute approximate surface area is 75.9 Å². The molecule has 0 saturated heterocycles. The van der Waals surface area contributed by atoms with Crippen molar-refractivity contribution in [2.24, 2.45) is 17.6 Å². The van der Waals surface area contributed by atoms with Crippen molar-refractivity contribution in [1.29, 1.82) is 0 Å². The van der Waals surface area contributed by atoms with E-state index in [1.807, 2.05) is 0 Å². The van der Waals surface area contributed by atoms with Crippen LogP contribution in [0.25, 0.3) is 0 Å². The van der Waals surface area contributed by atoms with Crippen LogP contribution in [0, 0.1) is 11.8 Å². The summed E-state index contributed by atoms with van der Waals surface area (Å²) in [6.45, 7) is 6.62. The molecule has 3 unspecified atom stereocenters. The van der Waals surface area contributed by atoms with Crippen LogP contribution in [0.1, 0.15) is 33.1 Å². The summed E-state index contributed by atoms with van der Waals surface area (Å²) >= 11 is 0. The van der Waals surface area contributed by atoms with Gasteiger partial charge in [-0.25, -0.2) is 0 Å². The summed E-state index contributed by atoms with van der Waals surface area (Å²) in [6.07, 6.45) is 3.85. The molecular weight excluding hydrogens is 148 g/mol. The average Bonchev–Trinajstić information content (AvgIpc) is 2.36. The molecule has 0 bridgehead atoms. The molecule has 2 heteroatoms. The Morgan fingerprint density at radius 3 is 2.58 bits per heavy atom. The Morgan fingerprint density at radius 1 is 1.33 bits per heavy atom. The third kappa shape index (κ3) is 2.46. The highest BCUT2D eigenvalue weighted by Gasteiger charge is 2.28. The van der Waals surface area contributed by atoms with Gasteiger partial charge >= 0.3 is 0 Å². The van der Waals surface area contributed by atoms with Crippen LogP contribution in [-0.2, 0) is 0 Å². The second kappa shape index (κ2) is 4.83. The van der Waals surface area contributed by atoms with Gasteiger partial charge in [0.15, 0.2) is 0 Å². The van der Waals surface area contributed by atoms with Gasteiger partial charge in [0.1, 0.15) is 0 Å². The van der Waals surface area contributed by atoms with Gasteiger partial charge in [0.05, 0.1) is 0 Å². The summed E-state index contributed by atoms with van der Waals surface area (Å²) in [4.78, 5) is 0. The van der Waals surface area contributed by atoms with Crippen LogP contribution >= 0.6 is 0 Å². The van der Waals surface area contributed by atoms with Gasteiger partial charge in [-0.2, -0.15) is 0 Å². The third-order valence-corrected chi connectivity index (χ3v) is 3.25. The van der Waals surface area contributed by atoms with Crippen molar-refractivity contribution >= 4 is 0 Å². The lowest BCUT2D eigenvalue weighted by Gasteiger charge is -2.19. The standard InChI is InChI=1S/C10H22N2/c1-8-4-5-10(9(8)2)12-7-3-6-11/h8-10,12H,3-7,11H2,1-2H3. The minimum atomic E-state index is 0.756. The molecule has 0 amide bonds. The summed E-state index contributed by atoms with van der Waals surface area (Å²) in [7, 11) is 0. The van der Waals surface area contributed by atoms with Gasteiger partial charge in [-0.05, 0) is 44.2 Å². The molecule has 0 radical (unpaired) electrons. The lowest BCUT2D eigenvalue weighted by atomic mass is 9.98. The van der Waals surface area contributed by atoms with Crippen LogP contribution in [-0.4, -0.2) is 19.1 Å². The van der Waals surface area contributed by atoms with Gasteiger partial charge in [-0.3, -0.25) is 0 Å². The number of nitrogens with one attached hydrogen (secondary N) is 1. The summed E-state index contributed by atoms with van der Waals surface area (Å²) in [6, 6.07) is 0.756. The molecule has 0 aliphatic heterocycles. The van der Waals surface area contributed by atoms with E-state index in [1.54, 1.807) is 0 Å². The first-order valence-corrected chi connectivity index (χ1v) is 5.19. The van der Waals surface area contributed by atoms with E-state index in [2.05, 4.69) is 19.2 Å². The number of rotatable bonds is 4. The van der Waals surface area contributed by atoms with Crippen LogP contribution in [0.15, 0.2) is 0 Å². The SMILES string of the molecule is CC1CCC(NCCCN)C1C. The van der Waals surface area contributed by atoms with Crippen molar-refractivity contribution in [1.82, 2.24) is 5.32 Å². The monoisotopic (exact) mass is 170 g/mol. The number of hydrogen-bond donors (Lipinski definition) is 2. The quantitative estimate of drug-likeness (QED) is 0.625. The zero-order valence-electron chi connectivity index (χ0n) is 8.34. The maximum Gasteiger partial charge on any atom is 0.00953 e. The molecular formula is C10H22N2. The van der Waals surface area contributed by atoms with Crippen molar-refractivity contribution in [3.63, 3.8) is 0 Å². The van der Waals surface area contributed by atoms with Crippen molar-refractivity contribution in [2.75, 3.05) is 13.1 Å². The predicted molar refractivity (Wildman–Crippen MR) is 53.0 cm³/mol. The largest absolute Gasteiger partial charge is 0.330 e. The first-order valence-electron chi connectivity index (χ1n) is 5.19. The van der Waals surface area contributed by atoms with Gasteiger partial charge in [0.25, 0.3) is 0 Å². The topological polar surface area (TPSA) is 38.0 Å². The fourth-order valence-corrected chi connectivity index (χ4v) is 2.04. The Bertz CT molecular complexity index is 125. The maximum atomic E-state index is 5.44. The third-order valence-electron chi connectivity index (χ3n) is 3.25. The van der Waals surface area contributed by atoms with E-state index in [9.17, 15) is 0 Å². The van der Waals surface area contributed by atoms with E-state index in [1.165, 1.54) is 12.8 Å². The van der Waals surface area contributed by atoms with E-state index in [-0.39, 0.29) is 0 Å². The molecule has 1 saturated carbocycles. The first kappa shape index (κ1) is 10.0. The van der Waals surface area contributed by atoms with Crippen molar-refractivity contribution < 1.29 is 0 Å². The van der Waals surface area contributed by atoms with Gasteiger partial charge < -0.3 is 11.1 Å². The zero-order chi connectivity index (χ0) is 8.97. The van der Waals surface area contributed by atoms with Crippen molar-refractivity contribution in [3.8, 4) is 0 Å². The van der Waals surface area contributed by atoms with E-state index in [0.29, 0.717) is 0 Å². The molecule has 1 fully saturated rings. The van der Waals surface area contributed by atoms with Crippen LogP contribution in [0.4, 0.5) is 0 Å². The highest BCUT2D eigenvalue weighted by atomic mass is 14.9. The molecule has 0 aromatic heterocycles. The molecule has 12 heavy (non-hydrogen) atoms. The fourth-order valence-electron chi connectivity index (χ4n) is 2.04. The molecule has 3 N–H and O–H groups in total. The summed E-state index contributed by atoms with van der Waals surface area (Å²) < 4.78 is 0. The average molecular weight is 170 g/mol. The minimum Gasteiger partial charge on any atom is -0.330 e. The molecule has 1 aliphatic rings. The van der Waals surface area contributed by atoms with E-state index in [0.717, 1.165) is 37.4 Å². The second-order valence-corrected chi connectivity index (χ2v) is 4.12. The Hall–Kier alpha value is -0.0800. The second-order valence-electron chi connectivity index (χ2n) is 4.12. The van der Waals surface area contributed by atoms with Gasteiger partial charge in [-0.1, -0.05) is 13.8 Å². The first-order chi connectivity index (χ1) is 5.75. The maximum absolute atomic E-state index is 5.44. The summed E-state index contributed by atoms with van der Waals surface area (Å²) in [5.74, 6) is 1.75. The molecule has 1 rings (SSSR count). The van der Waals surface area contributed by atoms with E-state index in [4.69, 9.17) is 5.73 Å². The Balaban J connectivity index is 2.16. The van der Waals surface area contributed by atoms with Crippen LogP contribution < -0.4 is 11.1 Å². The summed E-state index contributed by atoms with van der Waals surface area (Å²) in [5, 5.41) is 3.58. The summed E-state index contributed by atoms with van der Waals surface area (Å²) in [5.41, 5.74) is 5.44. The van der Waals surface area contributed by atoms with Gasteiger partial charge in [0.2, 0.25) is 0 Å². The smallest absolute Gasteiger partial charge is 0.00953 e. The van der Waals surface area contributed by atoms with Crippen LogP contribution in [0.3, 0.4) is 0 Å². The molecule has 2 nitrogen and oxygen atoms in total. The minimum absolute atomic E-state index is 0.756. The number of hydrogen-bond acceptors (Lipinski definition) is 2. The molecule has 72 valence electrons. The molecule has 0 heterocycles. The van der Waals surface area contributed by atoms with Crippen molar-refractivity contribution in [3.05, 3.63) is 0 Å². The Kier molecular flexibility index (Phi) is 4.02. The van der Waals surface area contributed by atoms with Gasteiger partial charge in [-0.15, -0.1) is 0 Å². The number of nitrogens with two attached hydrogens (primary N) is 1. The van der Waals surface area contributed by atoms with E-state index >= 15 is 0 Å². The fraction of sp³-hybridized carbons (Fsp3) is 1.00. The molecule has 0 aromatic carbocycles. The van der Waals surface area contributed by atoms with Crippen LogP contribution in [0.2, 0.25) is 0 Å². The van der Waals surface area contributed by atoms with Gasteiger partial charge in [0, 0.05) is 6.04 Å². The normalized spacial score (nSPS) is 35.8. The lowest BCUT2D eigenvalue weighted by Crippen LogP contribution is -2.33. The zero-order valence-corrected chi connectivity index (χ0v) is 8.34. The molecule has 1 aliphatic carbocycles. The molecule has 3 atom stereocenters. The highest BCUT2D eigenvalue weighted by Crippen LogP contribution is 2.30. The lowest BCUT2D eigenvalue weighted by molar-refractivity contribution is 0.370. The van der Waals surface area contributed by atoms with E-state index < -0.39 is 0 Å². The molecule has 0 spiro atoms. The predicted octanol–water partition coefficient (Wildman–Crippen LogP) is 1.36. The highest BCUT2D eigenvalue weighted by molar-refractivity contribution is 4.84.